The number of ether oxygens (including phenoxy) is 2. The SMILES string of the molecule is CCOc1cc2c(cc1OCC)CN(C(=O)c1ccc(CS(C)(=O)=O)cc1)CC2. The predicted molar refractivity (Wildman–Crippen MR) is 112 cm³/mol. The van der Waals surface area contributed by atoms with E-state index in [1.807, 2.05) is 30.9 Å². The Bertz CT molecular complexity index is 983. The quantitative estimate of drug-likeness (QED) is 0.692. The standard InChI is InChI=1S/C22H27NO5S/c1-4-27-20-12-18-10-11-23(14-19(18)13-21(20)28-5-2)22(24)17-8-6-16(7-9-17)15-29(3,25)26/h6-9,12-13H,4-5,10-11,14-15H2,1-3H3. The summed E-state index contributed by atoms with van der Waals surface area (Å²) >= 11 is 0. The Morgan fingerprint density at radius 1 is 1.00 bits per heavy atom. The highest BCUT2D eigenvalue weighted by Crippen LogP contribution is 2.34. The summed E-state index contributed by atoms with van der Waals surface area (Å²) < 4.78 is 34.3. The normalized spacial score (nSPS) is 13.7. The van der Waals surface area contributed by atoms with Crippen molar-refractivity contribution >= 4 is 15.7 Å². The molecule has 0 aliphatic carbocycles. The summed E-state index contributed by atoms with van der Waals surface area (Å²) in [7, 11) is -3.10. The predicted octanol–water partition coefficient (Wildman–Crippen LogP) is 3.23. The molecule has 0 fully saturated rings. The first kappa shape index (κ1) is 21.2. The highest BCUT2D eigenvalue weighted by Gasteiger charge is 2.24. The van der Waals surface area contributed by atoms with E-state index in [1.165, 1.54) is 11.8 Å². The molecule has 0 N–H and O–H groups in total. The Kier molecular flexibility index (Phi) is 6.47. The Morgan fingerprint density at radius 3 is 2.14 bits per heavy atom. The van der Waals surface area contributed by atoms with Gasteiger partial charge in [-0.1, -0.05) is 12.1 Å². The van der Waals surface area contributed by atoms with E-state index in [1.54, 1.807) is 24.3 Å². The van der Waals surface area contributed by atoms with E-state index in [2.05, 4.69) is 0 Å². The molecule has 2 aromatic carbocycles. The van der Waals surface area contributed by atoms with E-state index in [-0.39, 0.29) is 11.7 Å². The van der Waals surface area contributed by atoms with Crippen LogP contribution < -0.4 is 9.47 Å². The Morgan fingerprint density at radius 2 is 1.59 bits per heavy atom. The average molecular weight is 418 g/mol. The molecule has 0 radical (unpaired) electrons. The lowest BCUT2D eigenvalue weighted by Gasteiger charge is -2.30. The molecule has 1 amide bonds. The van der Waals surface area contributed by atoms with E-state index in [0.29, 0.717) is 43.2 Å². The number of hydrogen-bond acceptors (Lipinski definition) is 5. The zero-order chi connectivity index (χ0) is 21.0. The van der Waals surface area contributed by atoms with E-state index in [4.69, 9.17) is 9.47 Å². The smallest absolute Gasteiger partial charge is 0.254 e. The van der Waals surface area contributed by atoms with Crippen LogP contribution in [0.25, 0.3) is 0 Å². The maximum atomic E-state index is 12.9. The van der Waals surface area contributed by atoms with Crippen molar-refractivity contribution in [1.29, 1.82) is 0 Å². The molecule has 6 nitrogen and oxygen atoms in total. The Labute approximate surface area is 172 Å². The van der Waals surface area contributed by atoms with Gasteiger partial charge in [-0.05, 0) is 61.2 Å². The maximum Gasteiger partial charge on any atom is 0.254 e. The van der Waals surface area contributed by atoms with Crippen molar-refractivity contribution in [3.63, 3.8) is 0 Å². The number of sulfone groups is 1. The minimum Gasteiger partial charge on any atom is -0.490 e. The van der Waals surface area contributed by atoms with Crippen LogP contribution in [0.2, 0.25) is 0 Å². The molecule has 0 aromatic heterocycles. The van der Waals surface area contributed by atoms with E-state index >= 15 is 0 Å². The number of amides is 1. The van der Waals surface area contributed by atoms with Crippen molar-refractivity contribution in [2.24, 2.45) is 0 Å². The molecule has 0 spiro atoms. The number of carbonyl (C=O) groups excluding carboxylic acids is 1. The highest BCUT2D eigenvalue weighted by atomic mass is 32.2. The summed E-state index contributed by atoms with van der Waals surface area (Å²) in [5.74, 6) is 1.36. The molecule has 156 valence electrons. The molecule has 1 aliphatic heterocycles. The van der Waals surface area contributed by atoms with Gasteiger partial charge in [-0.15, -0.1) is 0 Å². The van der Waals surface area contributed by atoms with Crippen LogP contribution in [-0.2, 0) is 28.6 Å². The van der Waals surface area contributed by atoms with Crippen LogP contribution in [0, 0.1) is 0 Å². The topological polar surface area (TPSA) is 72.9 Å². The van der Waals surface area contributed by atoms with Crippen molar-refractivity contribution in [2.45, 2.75) is 32.6 Å². The monoisotopic (exact) mass is 417 g/mol. The summed E-state index contributed by atoms with van der Waals surface area (Å²) in [6.45, 7) is 6.11. The summed E-state index contributed by atoms with van der Waals surface area (Å²) in [5.41, 5.74) is 3.47. The molecule has 1 aliphatic rings. The molecule has 7 heteroatoms. The van der Waals surface area contributed by atoms with Crippen molar-refractivity contribution in [3.8, 4) is 11.5 Å². The fourth-order valence-corrected chi connectivity index (χ4v) is 4.30. The van der Waals surface area contributed by atoms with Gasteiger partial charge >= 0.3 is 0 Å². The minimum atomic E-state index is -3.10. The molecule has 0 saturated heterocycles. The van der Waals surface area contributed by atoms with Crippen LogP contribution in [0.1, 0.15) is 40.9 Å². The summed E-state index contributed by atoms with van der Waals surface area (Å²) in [6, 6.07) is 10.8. The van der Waals surface area contributed by atoms with Crippen LogP contribution >= 0.6 is 0 Å². The van der Waals surface area contributed by atoms with Gasteiger partial charge in [-0.2, -0.15) is 0 Å². The number of nitrogens with zero attached hydrogens (tertiary/aromatic N) is 1. The van der Waals surface area contributed by atoms with Gasteiger partial charge in [0, 0.05) is 24.9 Å². The highest BCUT2D eigenvalue weighted by molar-refractivity contribution is 7.89. The van der Waals surface area contributed by atoms with Crippen LogP contribution in [0.3, 0.4) is 0 Å². The van der Waals surface area contributed by atoms with Crippen LogP contribution in [0.15, 0.2) is 36.4 Å². The second-order valence-corrected chi connectivity index (χ2v) is 9.32. The van der Waals surface area contributed by atoms with Gasteiger partial charge in [0.15, 0.2) is 21.3 Å². The maximum absolute atomic E-state index is 12.9. The summed E-state index contributed by atoms with van der Waals surface area (Å²) in [4.78, 5) is 14.7. The van der Waals surface area contributed by atoms with Crippen LogP contribution in [0.4, 0.5) is 0 Å². The van der Waals surface area contributed by atoms with Gasteiger partial charge < -0.3 is 14.4 Å². The third-order valence-corrected chi connectivity index (χ3v) is 5.65. The molecule has 2 aromatic rings. The Hall–Kier alpha value is -2.54. The second kappa shape index (κ2) is 8.86. The lowest BCUT2D eigenvalue weighted by Crippen LogP contribution is -2.36. The van der Waals surface area contributed by atoms with Crippen molar-refractivity contribution < 1.29 is 22.7 Å². The van der Waals surface area contributed by atoms with Gasteiger partial charge in [0.05, 0.1) is 19.0 Å². The third kappa shape index (κ3) is 5.29. The first-order valence-corrected chi connectivity index (χ1v) is 11.8. The van der Waals surface area contributed by atoms with Crippen molar-refractivity contribution in [1.82, 2.24) is 4.90 Å². The summed E-state index contributed by atoms with van der Waals surface area (Å²) in [6.07, 6.45) is 1.95. The minimum absolute atomic E-state index is 0.0269. The van der Waals surface area contributed by atoms with E-state index in [0.717, 1.165) is 17.7 Å². The lowest BCUT2D eigenvalue weighted by molar-refractivity contribution is 0.0734. The van der Waals surface area contributed by atoms with Crippen molar-refractivity contribution in [2.75, 3.05) is 26.0 Å². The van der Waals surface area contributed by atoms with Crippen LogP contribution in [-0.4, -0.2) is 45.2 Å². The number of rotatable bonds is 7. The van der Waals surface area contributed by atoms with Gasteiger partial charge in [-0.3, -0.25) is 4.79 Å². The number of fused-ring (bicyclic) bond motifs is 1. The number of carbonyl (C=O) groups is 1. The van der Waals surface area contributed by atoms with Crippen molar-refractivity contribution in [3.05, 3.63) is 58.7 Å². The molecule has 0 atom stereocenters. The molecular formula is C22H27NO5S. The number of benzene rings is 2. The fraction of sp³-hybridized carbons (Fsp3) is 0.409. The van der Waals surface area contributed by atoms with Gasteiger partial charge in [0.1, 0.15) is 0 Å². The molecule has 0 saturated carbocycles. The molecule has 0 bridgehead atoms. The second-order valence-electron chi connectivity index (χ2n) is 7.18. The molecule has 29 heavy (non-hydrogen) atoms. The van der Waals surface area contributed by atoms with Crippen LogP contribution in [0.5, 0.6) is 11.5 Å². The van der Waals surface area contributed by atoms with Gasteiger partial charge in [0.2, 0.25) is 0 Å². The first-order chi connectivity index (χ1) is 13.8. The van der Waals surface area contributed by atoms with E-state index < -0.39 is 9.84 Å². The lowest BCUT2D eigenvalue weighted by atomic mass is 9.98. The third-order valence-electron chi connectivity index (χ3n) is 4.79. The Balaban J connectivity index is 1.77. The van der Waals surface area contributed by atoms with Gasteiger partial charge in [-0.25, -0.2) is 8.42 Å². The first-order valence-electron chi connectivity index (χ1n) is 9.78. The zero-order valence-electron chi connectivity index (χ0n) is 17.1. The molecule has 1 heterocycles. The molecule has 0 unspecified atom stereocenters. The molecular weight excluding hydrogens is 390 g/mol. The van der Waals surface area contributed by atoms with Gasteiger partial charge in [0.25, 0.3) is 5.91 Å². The fourth-order valence-electron chi connectivity index (χ4n) is 3.50. The summed E-state index contributed by atoms with van der Waals surface area (Å²) in [5, 5.41) is 0. The average Bonchev–Trinajstić information content (AvgIpc) is 2.67. The molecule has 3 rings (SSSR count). The largest absolute Gasteiger partial charge is 0.490 e. The number of hydrogen-bond donors (Lipinski definition) is 0. The van der Waals surface area contributed by atoms with E-state index in [9.17, 15) is 13.2 Å². The zero-order valence-corrected chi connectivity index (χ0v) is 17.9.